The molecule has 140 valence electrons. The van der Waals surface area contributed by atoms with Crippen molar-refractivity contribution in [3.8, 4) is 17.6 Å². The molecule has 0 saturated carbocycles. The number of methoxy groups -OCH3 is 2. The molecule has 0 spiro atoms. The summed E-state index contributed by atoms with van der Waals surface area (Å²) >= 11 is 0. The van der Waals surface area contributed by atoms with Crippen LogP contribution in [0, 0.1) is 11.3 Å². The second kappa shape index (κ2) is 9.25. The molecular weight excluding hydrogens is 348 g/mol. The van der Waals surface area contributed by atoms with Gasteiger partial charge in [-0.05, 0) is 29.8 Å². The van der Waals surface area contributed by atoms with Gasteiger partial charge >= 0.3 is 5.97 Å². The molecule has 0 heterocycles. The van der Waals surface area contributed by atoms with Gasteiger partial charge in [-0.3, -0.25) is 9.59 Å². The lowest BCUT2D eigenvalue weighted by Crippen LogP contribution is -2.30. The fourth-order valence-corrected chi connectivity index (χ4v) is 2.63. The smallest absolute Gasteiger partial charge is 0.305 e. The van der Waals surface area contributed by atoms with Gasteiger partial charge in [0, 0.05) is 17.2 Å². The summed E-state index contributed by atoms with van der Waals surface area (Å²) in [5, 5.41) is 20.7. The molecule has 0 radical (unpaired) electrons. The van der Waals surface area contributed by atoms with E-state index in [-0.39, 0.29) is 12.8 Å². The number of aliphatic carboxylic acids is 1. The van der Waals surface area contributed by atoms with Crippen molar-refractivity contribution in [3.63, 3.8) is 0 Å². The van der Waals surface area contributed by atoms with E-state index in [2.05, 4.69) is 5.32 Å². The van der Waals surface area contributed by atoms with Crippen LogP contribution in [0.15, 0.2) is 42.5 Å². The monoisotopic (exact) mass is 368 g/mol. The maximum absolute atomic E-state index is 12.6. The number of carboxylic acids is 1. The Morgan fingerprint density at radius 1 is 1.15 bits per heavy atom. The van der Waals surface area contributed by atoms with Gasteiger partial charge in [0.1, 0.15) is 11.5 Å². The van der Waals surface area contributed by atoms with E-state index in [1.165, 1.54) is 14.2 Å². The Bertz CT molecular complexity index is 856. The van der Waals surface area contributed by atoms with Gasteiger partial charge in [-0.15, -0.1) is 0 Å². The quantitative estimate of drug-likeness (QED) is 0.741. The minimum atomic E-state index is -1.05. The van der Waals surface area contributed by atoms with Gasteiger partial charge in [0.15, 0.2) is 0 Å². The summed E-state index contributed by atoms with van der Waals surface area (Å²) in [4.78, 5) is 23.9. The number of carboxylic acid groups (broad SMARTS) is 1. The van der Waals surface area contributed by atoms with Crippen LogP contribution in [-0.4, -0.2) is 31.2 Å². The van der Waals surface area contributed by atoms with Gasteiger partial charge in [0.25, 0.3) is 5.91 Å². The van der Waals surface area contributed by atoms with Crippen LogP contribution in [-0.2, 0) is 11.2 Å². The van der Waals surface area contributed by atoms with E-state index in [4.69, 9.17) is 14.7 Å². The molecule has 0 aromatic heterocycles. The molecule has 1 atom stereocenters. The molecule has 7 heteroatoms. The lowest BCUT2D eigenvalue weighted by molar-refractivity contribution is -0.137. The fourth-order valence-electron chi connectivity index (χ4n) is 2.63. The molecule has 7 nitrogen and oxygen atoms in total. The van der Waals surface area contributed by atoms with Crippen LogP contribution in [0.4, 0.5) is 0 Å². The lowest BCUT2D eigenvalue weighted by atomic mass is 10.0. The Kier molecular flexibility index (Phi) is 6.78. The number of amides is 1. The van der Waals surface area contributed by atoms with Crippen LogP contribution in [0.25, 0.3) is 0 Å². The molecule has 1 amide bonds. The Labute approximate surface area is 157 Å². The van der Waals surface area contributed by atoms with Gasteiger partial charge in [0.2, 0.25) is 0 Å². The van der Waals surface area contributed by atoms with E-state index in [1.807, 2.05) is 6.07 Å². The lowest BCUT2D eigenvalue weighted by Gasteiger charge is -2.20. The van der Waals surface area contributed by atoms with Crippen molar-refractivity contribution < 1.29 is 24.2 Å². The largest absolute Gasteiger partial charge is 0.497 e. The van der Waals surface area contributed by atoms with E-state index < -0.39 is 17.9 Å². The second-order valence-corrected chi connectivity index (χ2v) is 5.76. The number of hydrogen-bond acceptors (Lipinski definition) is 5. The Hall–Kier alpha value is -3.53. The molecule has 0 aliphatic heterocycles. The highest BCUT2D eigenvalue weighted by atomic mass is 16.5. The maximum Gasteiger partial charge on any atom is 0.305 e. The molecule has 1 unspecified atom stereocenters. The van der Waals surface area contributed by atoms with E-state index in [9.17, 15) is 14.7 Å². The fraction of sp³-hybridized carbons (Fsp3) is 0.250. The Balaban J connectivity index is 2.27. The second-order valence-electron chi connectivity index (χ2n) is 5.76. The molecule has 2 N–H and O–H groups in total. The summed E-state index contributed by atoms with van der Waals surface area (Å²) in [6.07, 6.45) is -0.0481. The first-order valence-electron chi connectivity index (χ1n) is 8.19. The summed E-state index contributed by atoms with van der Waals surface area (Å²) in [6.45, 7) is 0. The third-order valence-corrected chi connectivity index (χ3v) is 4.00. The summed E-state index contributed by atoms with van der Waals surface area (Å²) < 4.78 is 10.5. The van der Waals surface area contributed by atoms with E-state index >= 15 is 0 Å². The standard InChI is InChI=1S/C20H20N2O5/c1-26-15-7-8-16(18(11-15)27-2)17(12-19(23)24)22-20(25)14-5-3-13(4-6-14)9-10-21/h3-8,11,17H,9,12H2,1-2H3,(H,22,25)(H,23,24). The summed E-state index contributed by atoms with van der Waals surface area (Å²) in [7, 11) is 2.98. The zero-order chi connectivity index (χ0) is 19.8. The highest BCUT2D eigenvalue weighted by Crippen LogP contribution is 2.31. The SMILES string of the molecule is COc1ccc(C(CC(=O)O)NC(=O)c2ccc(CC#N)cc2)c(OC)c1. The van der Waals surface area contributed by atoms with E-state index in [0.717, 1.165) is 5.56 Å². The van der Waals surface area contributed by atoms with Crippen LogP contribution in [0.3, 0.4) is 0 Å². The first-order chi connectivity index (χ1) is 13.0. The third-order valence-electron chi connectivity index (χ3n) is 4.00. The molecular formula is C20H20N2O5. The molecule has 0 aliphatic carbocycles. The van der Waals surface area contributed by atoms with Crippen LogP contribution < -0.4 is 14.8 Å². The topological polar surface area (TPSA) is 109 Å². The summed E-state index contributed by atoms with van der Waals surface area (Å²) in [6, 6.07) is 12.8. The van der Waals surface area contributed by atoms with Crippen molar-refractivity contribution in [2.45, 2.75) is 18.9 Å². The number of benzene rings is 2. The summed E-state index contributed by atoms with van der Waals surface area (Å²) in [5.74, 6) is -0.487. The van der Waals surface area contributed by atoms with E-state index in [1.54, 1.807) is 42.5 Å². The first kappa shape index (κ1) is 19.8. The van der Waals surface area contributed by atoms with Crippen LogP contribution in [0.1, 0.15) is 33.9 Å². The first-order valence-corrected chi connectivity index (χ1v) is 8.19. The normalized spacial score (nSPS) is 11.1. The number of rotatable bonds is 8. The van der Waals surface area contributed by atoms with Crippen molar-refractivity contribution >= 4 is 11.9 Å². The van der Waals surface area contributed by atoms with Crippen LogP contribution in [0.2, 0.25) is 0 Å². The predicted molar refractivity (Wildman–Crippen MR) is 97.8 cm³/mol. The van der Waals surface area contributed by atoms with Crippen molar-refractivity contribution in [2.75, 3.05) is 14.2 Å². The zero-order valence-corrected chi connectivity index (χ0v) is 15.1. The third kappa shape index (κ3) is 5.22. The van der Waals surface area contributed by atoms with E-state index in [0.29, 0.717) is 22.6 Å². The Morgan fingerprint density at radius 3 is 2.41 bits per heavy atom. The van der Waals surface area contributed by atoms with Crippen LogP contribution in [0.5, 0.6) is 11.5 Å². The number of carbonyl (C=O) groups is 2. The van der Waals surface area contributed by atoms with Gasteiger partial charge in [-0.2, -0.15) is 5.26 Å². The average molecular weight is 368 g/mol. The molecule has 0 aliphatic rings. The Morgan fingerprint density at radius 2 is 1.85 bits per heavy atom. The number of ether oxygens (including phenoxy) is 2. The highest BCUT2D eigenvalue weighted by molar-refractivity contribution is 5.94. The summed E-state index contributed by atoms with van der Waals surface area (Å²) in [5.41, 5.74) is 1.71. The molecule has 27 heavy (non-hydrogen) atoms. The number of hydrogen-bond donors (Lipinski definition) is 2. The van der Waals surface area contributed by atoms with Gasteiger partial charge < -0.3 is 19.9 Å². The van der Waals surface area contributed by atoms with Crippen molar-refractivity contribution in [3.05, 3.63) is 59.2 Å². The molecule has 0 fully saturated rings. The predicted octanol–water partition coefficient (Wildman–Crippen LogP) is 2.72. The number of nitrogens with zero attached hydrogens (tertiary/aromatic N) is 1. The highest BCUT2D eigenvalue weighted by Gasteiger charge is 2.22. The molecule has 2 aromatic carbocycles. The van der Waals surface area contributed by atoms with Crippen LogP contribution >= 0.6 is 0 Å². The van der Waals surface area contributed by atoms with Crippen molar-refractivity contribution in [1.29, 1.82) is 5.26 Å². The molecule has 0 saturated heterocycles. The van der Waals surface area contributed by atoms with Gasteiger partial charge in [-0.25, -0.2) is 0 Å². The molecule has 0 bridgehead atoms. The zero-order valence-electron chi connectivity index (χ0n) is 15.1. The van der Waals surface area contributed by atoms with Gasteiger partial charge in [-0.1, -0.05) is 12.1 Å². The number of nitrogens with one attached hydrogen (secondary N) is 1. The molecule has 2 aromatic rings. The van der Waals surface area contributed by atoms with Gasteiger partial charge in [0.05, 0.1) is 39.2 Å². The minimum absolute atomic E-state index is 0.257. The number of nitriles is 1. The molecule has 2 rings (SSSR count). The van der Waals surface area contributed by atoms with Crippen molar-refractivity contribution in [1.82, 2.24) is 5.32 Å². The average Bonchev–Trinajstić information content (AvgIpc) is 2.67. The number of carbonyl (C=O) groups excluding carboxylic acids is 1. The maximum atomic E-state index is 12.6. The minimum Gasteiger partial charge on any atom is -0.497 e. The van der Waals surface area contributed by atoms with Crippen molar-refractivity contribution in [2.24, 2.45) is 0 Å².